The van der Waals surface area contributed by atoms with Gasteiger partial charge in [-0.1, -0.05) is 0 Å². The molecule has 2 aliphatic carbocycles. The van der Waals surface area contributed by atoms with Crippen molar-refractivity contribution in [1.82, 2.24) is 14.9 Å². The number of anilines is 1. The molecule has 4 N–H and O–H groups in total. The molecular weight excluding hydrogens is 524 g/mol. The molecule has 0 unspecified atom stereocenters. The van der Waals surface area contributed by atoms with Crippen molar-refractivity contribution >= 4 is 22.1 Å². The van der Waals surface area contributed by atoms with Gasteiger partial charge in [0.25, 0.3) is 0 Å². The zero-order valence-corrected chi connectivity index (χ0v) is 24.2. The van der Waals surface area contributed by atoms with Gasteiger partial charge in [-0.15, -0.1) is 11.3 Å². The molecule has 212 valence electrons. The van der Waals surface area contributed by atoms with Crippen LogP contribution in [0.4, 0.5) is 5.00 Å². The van der Waals surface area contributed by atoms with Crippen molar-refractivity contribution in [1.29, 1.82) is 5.26 Å². The van der Waals surface area contributed by atoms with Crippen molar-refractivity contribution in [2.24, 2.45) is 5.73 Å². The van der Waals surface area contributed by atoms with Crippen LogP contribution < -0.4 is 16.2 Å². The molecular formula is C30H38N6O3S. The summed E-state index contributed by atoms with van der Waals surface area (Å²) < 4.78 is 12.0. The number of Topliss-reactive ketones (excluding diaryl/α,β-unsaturated/α-hetero) is 1. The smallest absolute Gasteiger partial charge is 0.228 e. The number of aromatic nitrogens is 2. The third-order valence-corrected chi connectivity index (χ3v) is 10.5. The summed E-state index contributed by atoms with van der Waals surface area (Å²) >= 11 is 1.49. The minimum absolute atomic E-state index is 0.0747. The van der Waals surface area contributed by atoms with Crippen molar-refractivity contribution in [2.45, 2.75) is 88.2 Å². The van der Waals surface area contributed by atoms with Gasteiger partial charge in [-0.2, -0.15) is 10.2 Å². The molecule has 40 heavy (non-hydrogen) atoms. The summed E-state index contributed by atoms with van der Waals surface area (Å²) in [5.41, 5.74) is 16.0. The monoisotopic (exact) mass is 562 g/mol. The molecule has 10 heteroatoms. The molecule has 4 heterocycles. The molecule has 0 amide bonds. The van der Waals surface area contributed by atoms with Crippen LogP contribution in [0.1, 0.15) is 96.5 Å². The fraction of sp³-hybridized carbons (Fsp3) is 0.600. The summed E-state index contributed by atoms with van der Waals surface area (Å²) in [6, 6.07) is 4.51. The van der Waals surface area contributed by atoms with Crippen LogP contribution in [-0.4, -0.2) is 59.6 Å². The highest BCUT2D eigenvalue weighted by Gasteiger charge is 2.46. The molecule has 0 aromatic carbocycles. The number of ether oxygens (including phenoxy) is 2. The highest BCUT2D eigenvalue weighted by Crippen LogP contribution is 2.53. The fourth-order valence-corrected chi connectivity index (χ4v) is 8.52. The molecule has 0 radical (unpaired) electrons. The number of carbonyl (C=O) groups excluding carboxylic acids is 1. The van der Waals surface area contributed by atoms with E-state index in [-0.39, 0.29) is 23.6 Å². The number of rotatable bonds is 6. The first kappa shape index (κ1) is 27.2. The van der Waals surface area contributed by atoms with E-state index in [0.29, 0.717) is 53.4 Å². The Labute approximate surface area is 239 Å². The van der Waals surface area contributed by atoms with Gasteiger partial charge in [-0.25, -0.2) is 4.98 Å². The Morgan fingerprint density at radius 1 is 1.25 bits per heavy atom. The summed E-state index contributed by atoms with van der Waals surface area (Å²) in [4.78, 5) is 27.1. The summed E-state index contributed by atoms with van der Waals surface area (Å²) in [5.74, 6) is 0.401. The summed E-state index contributed by atoms with van der Waals surface area (Å²) in [7, 11) is 2.12. The third kappa shape index (κ3) is 4.58. The van der Waals surface area contributed by atoms with E-state index in [1.54, 1.807) is 0 Å². The lowest BCUT2D eigenvalue weighted by Crippen LogP contribution is -2.41. The number of nitriles is 1. The Balaban J connectivity index is 1.39. The molecule has 9 nitrogen and oxygen atoms in total. The largest absolute Gasteiger partial charge is 0.473 e. The van der Waals surface area contributed by atoms with Gasteiger partial charge in [0.15, 0.2) is 0 Å². The summed E-state index contributed by atoms with van der Waals surface area (Å²) in [5, 5.41) is 10.5. The summed E-state index contributed by atoms with van der Waals surface area (Å²) in [6.45, 7) is 4.36. The minimum Gasteiger partial charge on any atom is -0.473 e. The van der Waals surface area contributed by atoms with Crippen molar-refractivity contribution in [3.63, 3.8) is 0 Å². The maximum atomic E-state index is 14.2. The number of hydrogen-bond acceptors (Lipinski definition) is 10. The van der Waals surface area contributed by atoms with Crippen LogP contribution in [0.3, 0.4) is 0 Å². The zero-order chi connectivity index (χ0) is 28.0. The number of nitrogens with two attached hydrogens (primary N) is 2. The predicted octanol–water partition coefficient (Wildman–Crippen LogP) is 4.21. The van der Waals surface area contributed by atoms with Crippen molar-refractivity contribution < 1.29 is 14.3 Å². The van der Waals surface area contributed by atoms with Crippen LogP contribution in [0.15, 0.2) is 17.3 Å². The average Bonchev–Trinajstić information content (AvgIpc) is 3.70. The number of nitrogen functional groups attached to an aromatic ring is 1. The number of likely N-dealkylation sites (tertiary alicyclic amines) is 1. The van der Waals surface area contributed by atoms with Crippen LogP contribution in [0.25, 0.3) is 0 Å². The van der Waals surface area contributed by atoms with E-state index in [4.69, 9.17) is 25.9 Å². The number of carbonyl (C=O) groups is 1. The first-order valence-electron chi connectivity index (χ1n) is 14.5. The Bertz CT molecular complexity index is 1390. The molecule has 4 aliphatic rings. The molecule has 0 bridgehead atoms. The van der Waals surface area contributed by atoms with Crippen LogP contribution in [0.2, 0.25) is 0 Å². The Hall–Kier alpha value is -3.00. The zero-order valence-electron chi connectivity index (χ0n) is 23.4. The molecule has 1 spiro atoms. The molecule has 2 aromatic heterocycles. The normalized spacial score (nSPS) is 27.5. The van der Waals surface area contributed by atoms with E-state index in [9.17, 15) is 10.1 Å². The van der Waals surface area contributed by atoms with E-state index in [1.807, 2.05) is 6.07 Å². The van der Waals surface area contributed by atoms with E-state index in [1.165, 1.54) is 11.3 Å². The maximum Gasteiger partial charge on any atom is 0.228 e. The SMILES string of the molecule is C[C@H](Oc1cc([C@@H]2CCOC2)nc(C(=O)C2=C(N)[C@@]3(CCC2)CCCc2sc(N)c(C#N)c23)n1)[C@@H]1CCCN1C. The number of allylic oxidation sites excluding steroid dienone is 2. The van der Waals surface area contributed by atoms with Crippen molar-refractivity contribution in [3.05, 3.63) is 44.9 Å². The van der Waals surface area contributed by atoms with E-state index >= 15 is 0 Å². The number of thiophene rings is 1. The van der Waals surface area contributed by atoms with Gasteiger partial charge in [-0.05, 0) is 83.9 Å². The molecule has 4 atom stereocenters. The molecule has 2 aromatic rings. The maximum absolute atomic E-state index is 14.2. The second kappa shape index (κ2) is 10.8. The van der Waals surface area contributed by atoms with Crippen LogP contribution in [0, 0.1) is 11.3 Å². The van der Waals surface area contributed by atoms with E-state index < -0.39 is 5.41 Å². The third-order valence-electron chi connectivity index (χ3n) is 9.45. The van der Waals surface area contributed by atoms with Crippen LogP contribution >= 0.6 is 11.3 Å². The van der Waals surface area contributed by atoms with Gasteiger partial charge in [0.1, 0.15) is 17.2 Å². The van der Waals surface area contributed by atoms with Crippen molar-refractivity contribution in [3.8, 4) is 11.9 Å². The van der Waals surface area contributed by atoms with Crippen LogP contribution in [-0.2, 0) is 16.6 Å². The second-order valence-electron chi connectivity index (χ2n) is 11.8. The lowest BCUT2D eigenvalue weighted by molar-refractivity contribution is 0.0997. The average molecular weight is 563 g/mol. The predicted molar refractivity (Wildman–Crippen MR) is 153 cm³/mol. The summed E-state index contributed by atoms with van der Waals surface area (Å²) in [6.07, 6.45) is 7.77. The number of hydrogen-bond donors (Lipinski definition) is 2. The highest BCUT2D eigenvalue weighted by atomic mass is 32.1. The first-order chi connectivity index (χ1) is 19.3. The Morgan fingerprint density at radius 2 is 2.05 bits per heavy atom. The topological polar surface area (TPSA) is 140 Å². The Kier molecular flexibility index (Phi) is 7.32. The molecule has 2 aliphatic heterocycles. The van der Waals surface area contributed by atoms with Gasteiger partial charge in [0, 0.05) is 46.2 Å². The van der Waals surface area contributed by atoms with Gasteiger partial charge >= 0.3 is 0 Å². The van der Waals surface area contributed by atoms with E-state index in [0.717, 1.165) is 74.0 Å². The van der Waals surface area contributed by atoms with Crippen LogP contribution in [0.5, 0.6) is 5.88 Å². The first-order valence-corrected chi connectivity index (χ1v) is 15.3. The lowest BCUT2D eigenvalue weighted by Gasteiger charge is -2.42. The minimum atomic E-state index is -0.548. The van der Waals surface area contributed by atoms with Gasteiger partial charge in [-0.3, -0.25) is 9.69 Å². The number of nitrogens with zero attached hydrogens (tertiary/aromatic N) is 4. The quantitative estimate of drug-likeness (QED) is 0.495. The fourth-order valence-electron chi connectivity index (χ4n) is 7.36. The highest BCUT2D eigenvalue weighted by molar-refractivity contribution is 7.16. The molecule has 0 saturated carbocycles. The van der Waals surface area contributed by atoms with Crippen molar-refractivity contribution in [2.75, 3.05) is 32.5 Å². The number of fused-ring (bicyclic) bond motifs is 2. The second-order valence-corrected chi connectivity index (χ2v) is 12.9. The van der Waals surface area contributed by atoms with Gasteiger partial charge in [0.05, 0.1) is 17.9 Å². The standard InChI is InChI=1S/C30H38N6O3S/c1-17(22-7-5-12-36(22)2)39-24-14-21(18-9-13-38-16-18)34-29(35-24)26(37)19-6-3-10-30(27(19)32)11-4-8-23-25(30)20(15-31)28(33)40-23/h14,17-18,22H,3-13,16,32-33H2,1-2H3/t17-,18+,22-,30-/m0/s1. The van der Waals surface area contributed by atoms with Gasteiger partial charge < -0.3 is 20.9 Å². The molecule has 2 saturated heterocycles. The number of likely N-dealkylation sites (N-methyl/N-ethyl adjacent to an activating group) is 1. The van der Waals surface area contributed by atoms with E-state index in [2.05, 4.69) is 29.9 Å². The number of aryl methyl sites for hydroxylation is 1. The number of ketones is 1. The molecule has 6 rings (SSSR count). The lowest BCUT2D eigenvalue weighted by atomic mass is 9.62. The Morgan fingerprint density at radius 3 is 2.75 bits per heavy atom. The molecule has 2 fully saturated rings. The van der Waals surface area contributed by atoms with Gasteiger partial charge in [0.2, 0.25) is 17.5 Å².